The quantitative estimate of drug-likeness (QED) is 0.760. The highest BCUT2D eigenvalue weighted by atomic mass is 32.2. The van der Waals surface area contributed by atoms with Gasteiger partial charge >= 0.3 is 6.18 Å². The van der Waals surface area contributed by atoms with Crippen molar-refractivity contribution < 1.29 is 18.3 Å². The maximum absolute atomic E-state index is 12.0. The van der Waals surface area contributed by atoms with Crippen LogP contribution in [-0.4, -0.2) is 28.5 Å². The summed E-state index contributed by atoms with van der Waals surface area (Å²) < 4.78 is 36.0. The van der Waals surface area contributed by atoms with Crippen LogP contribution in [0.3, 0.4) is 0 Å². The lowest BCUT2D eigenvalue weighted by Crippen LogP contribution is -2.42. The van der Waals surface area contributed by atoms with Crippen molar-refractivity contribution in [3.05, 3.63) is 0 Å². The molecule has 0 heterocycles. The molecule has 0 aromatic heterocycles. The fourth-order valence-electron chi connectivity index (χ4n) is 2.02. The molecule has 3 N–H and O–H groups in total. The third-order valence-electron chi connectivity index (χ3n) is 2.92. The minimum Gasteiger partial charge on any atom is -0.383 e. The zero-order chi connectivity index (χ0) is 12.6. The molecule has 16 heavy (non-hydrogen) atoms. The zero-order valence-electron chi connectivity index (χ0n) is 9.42. The largest absolute Gasteiger partial charge is 0.415 e. The molecule has 0 aliphatic heterocycles. The molecule has 0 aromatic rings. The van der Waals surface area contributed by atoms with Gasteiger partial charge in [0.25, 0.3) is 0 Å². The third kappa shape index (κ3) is 3.82. The minimum atomic E-state index is -4.54. The van der Waals surface area contributed by atoms with Gasteiger partial charge in [-0.25, -0.2) is 0 Å². The second-order valence-corrected chi connectivity index (χ2v) is 6.40. The molecule has 0 amide bonds. The summed E-state index contributed by atoms with van der Waals surface area (Å²) in [6, 6.07) is 0. The van der Waals surface area contributed by atoms with Crippen LogP contribution < -0.4 is 5.73 Å². The molecule has 0 saturated heterocycles. The summed E-state index contributed by atoms with van der Waals surface area (Å²) in [6.45, 7) is 4.23. The summed E-state index contributed by atoms with van der Waals surface area (Å²) in [4.78, 5) is 0. The predicted molar refractivity (Wildman–Crippen MR) is 59.0 cm³/mol. The van der Waals surface area contributed by atoms with Crippen molar-refractivity contribution in [2.45, 2.75) is 44.3 Å². The summed E-state index contributed by atoms with van der Waals surface area (Å²) in [5.41, 5.74) is 6.05. The van der Waals surface area contributed by atoms with E-state index in [1.165, 1.54) is 0 Å². The van der Waals surface area contributed by atoms with Crippen molar-refractivity contribution in [2.24, 2.45) is 17.1 Å². The van der Waals surface area contributed by atoms with Crippen molar-refractivity contribution in [1.82, 2.24) is 0 Å². The fraction of sp³-hybridized carbons (Fsp3) is 1.00. The van der Waals surface area contributed by atoms with Crippen molar-refractivity contribution >= 4 is 11.8 Å². The van der Waals surface area contributed by atoms with Gasteiger partial charge < -0.3 is 10.8 Å². The van der Waals surface area contributed by atoms with E-state index in [-0.39, 0.29) is 22.5 Å². The molecule has 0 aromatic carbocycles. The lowest BCUT2D eigenvalue weighted by Gasteiger charge is -2.45. The van der Waals surface area contributed by atoms with Gasteiger partial charge in [-0.3, -0.25) is 0 Å². The summed E-state index contributed by atoms with van der Waals surface area (Å²) in [5.74, 6) is -0.0952. The van der Waals surface area contributed by atoms with Crippen molar-refractivity contribution in [3.8, 4) is 0 Å². The van der Waals surface area contributed by atoms with E-state index in [1.807, 2.05) is 0 Å². The van der Waals surface area contributed by atoms with Crippen molar-refractivity contribution in [2.75, 3.05) is 5.75 Å². The van der Waals surface area contributed by atoms with Gasteiger partial charge in [0, 0.05) is 5.75 Å². The van der Waals surface area contributed by atoms with E-state index < -0.39 is 12.3 Å². The topological polar surface area (TPSA) is 46.2 Å². The van der Waals surface area contributed by atoms with E-state index in [0.717, 1.165) is 24.6 Å². The standard InChI is InChI=1S/C10H18F3NOS/c1-9(2)3-6(4-9)8(14)16-5-7(15)10(11,12)13/h6-8,15H,3-5,14H2,1-2H3. The van der Waals surface area contributed by atoms with Gasteiger partial charge in [-0.05, 0) is 24.2 Å². The summed E-state index contributed by atoms with van der Waals surface area (Å²) >= 11 is 1.00. The third-order valence-corrected chi connectivity index (χ3v) is 4.20. The summed E-state index contributed by atoms with van der Waals surface area (Å²) in [7, 11) is 0. The Balaban J connectivity index is 2.24. The van der Waals surface area contributed by atoms with Gasteiger partial charge in [-0.15, -0.1) is 11.8 Å². The lowest BCUT2D eigenvalue weighted by atomic mass is 9.64. The smallest absolute Gasteiger partial charge is 0.383 e. The van der Waals surface area contributed by atoms with Crippen LogP contribution in [0.4, 0.5) is 13.2 Å². The van der Waals surface area contributed by atoms with Gasteiger partial charge in [0.1, 0.15) is 0 Å². The highest BCUT2D eigenvalue weighted by Crippen LogP contribution is 2.47. The first-order chi connectivity index (χ1) is 7.12. The molecule has 0 bridgehead atoms. The second-order valence-electron chi connectivity index (χ2n) is 5.19. The van der Waals surface area contributed by atoms with Gasteiger partial charge in [0.15, 0.2) is 6.10 Å². The normalized spacial score (nSPS) is 24.9. The second kappa shape index (κ2) is 4.74. The first-order valence-electron chi connectivity index (χ1n) is 5.24. The zero-order valence-corrected chi connectivity index (χ0v) is 10.2. The van der Waals surface area contributed by atoms with E-state index >= 15 is 0 Å². The summed E-state index contributed by atoms with van der Waals surface area (Å²) in [6.07, 6.45) is -4.91. The Kier molecular flexibility index (Phi) is 4.18. The maximum atomic E-state index is 12.0. The van der Waals surface area contributed by atoms with Gasteiger partial charge in [-0.2, -0.15) is 13.2 Å². The molecular weight excluding hydrogens is 239 g/mol. The Hall–Kier alpha value is 0.0600. The van der Waals surface area contributed by atoms with E-state index in [2.05, 4.69) is 13.8 Å². The van der Waals surface area contributed by atoms with Crippen LogP contribution in [0, 0.1) is 11.3 Å². The number of aliphatic hydroxyl groups excluding tert-OH is 1. The first-order valence-corrected chi connectivity index (χ1v) is 6.29. The lowest BCUT2D eigenvalue weighted by molar-refractivity contribution is -0.195. The predicted octanol–water partition coefficient (Wildman–Crippen LogP) is 2.36. The van der Waals surface area contributed by atoms with Crippen LogP contribution in [-0.2, 0) is 0 Å². The Morgan fingerprint density at radius 3 is 2.31 bits per heavy atom. The van der Waals surface area contributed by atoms with Gasteiger partial charge in [0.05, 0.1) is 5.37 Å². The molecule has 1 rings (SSSR count). The highest BCUT2D eigenvalue weighted by Gasteiger charge is 2.42. The van der Waals surface area contributed by atoms with Crippen LogP contribution in [0.5, 0.6) is 0 Å². The molecule has 0 spiro atoms. The SMILES string of the molecule is CC1(C)CC(C(N)SCC(O)C(F)(F)F)C1. The average molecular weight is 257 g/mol. The molecule has 2 atom stereocenters. The maximum Gasteiger partial charge on any atom is 0.415 e. The van der Waals surface area contributed by atoms with Gasteiger partial charge in [-0.1, -0.05) is 13.8 Å². The molecule has 1 fully saturated rings. The van der Waals surface area contributed by atoms with E-state index in [9.17, 15) is 13.2 Å². The van der Waals surface area contributed by atoms with Crippen molar-refractivity contribution in [1.29, 1.82) is 0 Å². The molecule has 2 unspecified atom stereocenters. The molecule has 96 valence electrons. The van der Waals surface area contributed by atoms with Crippen LogP contribution >= 0.6 is 11.8 Å². The Labute approximate surface area is 97.8 Å². The minimum absolute atomic E-state index is 0.269. The van der Waals surface area contributed by atoms with Gasteiger partial charge in [0.2, 0.25) is 0 Å². The molecule has 1 saturated carbocycles. The fourth-order valence-corrected chi connectivity index (χ4v) is 3.08. The van der Waals surface area contributed by atoms with E-state index in [4.69, 9.17) is 10.8 Å². The first kappa shape index (κ1) is 14.1. The molecule has 0 radical (unpaired) electrons. The number of thioether (sulfide) groups is 1. The number of hydrogen-bond acceptors (Lipinski definition) is 3. The van der Waals surface area contributed by atoms with Crippen LogP contribution in [0.25, 0.3) is 0 Å². The molecule has 1 aliphatic carbocycles. The Morgan fingerprint density at radius 2 is 1.94 bits per heavy atom. The Bertz CT molecular complexity index is 237. The highest BCUT2D eigenvalue weighted by molar-refractivity contribution is 7.99. The van der Waals surface area contributed by atoms with Crippen LogP contribution in [0.2, 0.25) is 0 Å². The monoisotopic (exact) mass is 257 g/mol. The number of hydrogen-bond donors (Lipinski definition) is 2. The molecule has 6 heteroatoms. The van der Waals surface area contributed by atoms with E-state index in [0.29, 0.717) is 0 Å². The number of alkyl halides is 3. The molecular formula is C10H18F3NOS. The van der Waals surface area contributed by atoms with Crippen LogP contribution in [0.1, 0.15) is 26.7 Å². The average Bonchev–Trinajstić information content (AvgIpc) is 2.07. The van der Waals surface area contributed by atoms with Crippen molar-refractivity contribution in [3.63, 3.8) is 0 Å². The van der Waals surface area contributed by atoms with E-state index in [1.54, 1.807) is 0 Å². The van der Waals surface area contributed by atoms with Crippen LogP contribution in [0.15, 0.2) is 0 Å². The number of rotatable bonds is 4. The number of halogens is 3. The number of nitrogens with two attached hydrogens (primary N) is 1. The number of aliphatic hydroxyl groups is 1. The molecule has 2 nitrogen and oxygen atoms in total. The Morgan fingerprint density at radius 1 is 1.44 bits per heavy atom. The summed E-state index contributed by atoms with van der Waals surface area (Å²) in [5, 5.41) is 8.51. The molecule has 1 aliphatic rings.